The van der Waals surface area contributed by atoms with E-state index in [9.17, 15) is 19.8 Å². The van der Waals surface area contributed by atoms with Crippen LogP contribution in [0.15, 0.2) is 36.4 Å². The molecule has 0 bridgehead atoms. The molecule has 1 aliphatic rings. The van der Waals surface area contributed by atoms with E-state index in [1.54, 1.807) is 6.92 Å². The second-order valence-corrected chi connectivity index (χ2v) is 7.04. The number of rotatable bonds is 5. The van der Waals surface area contributed by atoms with Crippen LogP contribution in [0.25, 0.3) is 0 Å². The fourth-order valence-electron chi connectivity index (χ4n) is 3.52. The van der Waals surface area contributed by atoms with E-state index in [1.807, 2.05) is 23.1 Å². The molecule has 0 aromatic heterocycles. The van der Waals surface area contributed by atoms with Crippen LogP contribution in [0.4, 0.5) is 5.69 Å². The van der Waals surface area contributed by atoms with Crippen molar-refractivity contribution in [2.75, 3.05) is 31.1 Å². The average Bonchev–Trinajstić information content (AvgIpc) is 2.62. The van der Waals surface area contributed by atoms with Crippen LogP contribution in [-0.2, 0) is 6.54 Å². The molecule has 1 aliphatic heterocycles. The molecule has 1 heterocycles. The number of aryl methyl sites for hydroxylation is 1. The summed E-state index contributed by atoms with van der Waals surface area (Å²) < 4.78 is 0. The van der Waals surface area contributed by atoms with Gasteiger partial charge in [-0.05, 0) is 24.1 Å². The molecular weight excluding hydrogens is 368 g/mol. The van der Waals surface area contributed by atoms with Gasteiger partial charge in [-0.15, -0.1) is 0 Å². The molecule has 2 N–H and O–H groups in total. The Balaban J connectivity index is 1.87. The van der Waals surface area contributed by atoms with Crippen molar-refractivity contribution < 1.29 is 19.8 Å². The first-order valence-electron chi connectivity index (χ1n) is 8.69. The van der Waals surface area contributed by atoms with Gasteiger partial charge in [-0.25, -0.2) is 9.59 Å². The van der Waals surface area contributed by atoms with Crippen molar-refractivity contribution in [3.63, 3.8) is 0 Å². The average molecular weight is 389 g/mol. The third-order valence-electron chi connectivity index (χ3n) is 4.82. The van der Waals surface area contributed by atoms with Crippen molar-refractivity contribution in [2.45, 2.75) is 13.5 Å². The maximum atomic E-state index is 11.8. The Bertz CT molecular complexity index is 824. The molecule has 2 aromatic rings. The van der Waals surface area contributed by atoms with E-state index in [0.29, 0.717) is 31.7 Å². The molecule has 1 fully saturated rings. The highest BCUT2D eigenvalue weighted by atomic mass is 35.5. The lowest BCUT2D eigenvalue weighted by molar-refractivity contribution is 0.0695. The van der Waals surface area contributed by atoms with Gasteiger partial charge in [0.1, 0.15) is 5.56 Å². The van der Waals surface area contributed by atoms with Crippen LogP contribution in [0, 0.1) is 6.92 Å². The molecule has 0 amide bonds. The summed E-state index contributed by atoms with van der Waals surface area (Å²) >= 11 is 6.15. The van der Waals surface area contributed by atoms with Gasteiger partial charge < -0.3 is 15.1 Å². The number of hydrogen-bond acceptors (Lipinski definition) is 4. The van der Waals surface area contributed by atoms with E-state index in [-0.39, 0.29) is 21.8 Å². The summed E-state index contributed by atoms with van der Waals surface area (Å²) in [6.07, 6.45) is 0. The fourth-order valence-corrected chi connectivity index (χ4v) is 3.85. The predicted octanol–water partition coefficient (Wildman–Crippen LogP) is 3.37. The largest absolute Gasteiger partial charge is 0.478 e. The minimum atomic E-state index is -1.22. The number of nitrogens with zero attached hydrogens (tertiary/aromatic N) is 2. The van der Waals surface area contributed by atoms with E-state index in [0.717, 1.165) is 6.54 Å². The number of carboxylic acid groups (broad SMARTS) is 2. The van der Waals surface area contributed by atoms with Crippen molar-refractivity contribution in [1.29, 1.82) is 0 Å². The third kappa shape index (κ3) is 4.07. The number of halogens is 1. The van der Waals surface area contributed by atoms with Gasteiger partial charge in [0.25, 0.3) is 0 Å². The Morgan fingerprint density at radius 2 is 1.59 bits per heavy atom. The summed E-state index contributed by atoms with van der Waals surface area (Å²) in [5, 5.41) is 19.3. The van der Waals surface area contributed by atoms with Crippen LogP contribution >= 0.6 is 11.6 Å². The van der Waals surface area contributed by atoms with Gasteiger partial charge in [0.2, 0.25) is 0 Å². The van der Waals surface area contributed by atoms with Crippen LogP contribution in [0.1, 0.15) is 31.8 Å². The van der Waals surface area contributed by atoms with Crippen LogP contribution < -0.4 is 4.90 Å². The van der Waals surface area contributed by atoms with E-state index in [4.69, 9.17) is 11.6 Å². The van der Waals surface area contributed by atoms with Gasteiger partial charge in [0, 0.05) is 32.7 Å². The Hall–Kier alpha value is -2.57. The van der Waals surface area contributed by atoms with E-state index in [2.05, 4.69) is 17.0 Å². The summed E-state index contributed by atoms with van der Waals surface area (Å²) in [6.45, 7) is 4.93. The van der Waals surface area contributed by atoms with Crippen molar-refractivity contribution >= 4 is 29.2 Å². The molecule has 0 atom stereocenters. The fraction of sp³-hybridized carbons (Fsp3) is 0.300. The highest BCUT2D eigenvalue weighted by Gasteiger charge is 2.30. The topological polar surface area (TPSA) is 81.1 Å². The van der Waals surface area contributed by atoms with Gasteiger partial charge in [-0.3, -0.25) is 4.90 Å². The SMILES string of the molecule is Cc1cc(Cl)c(C(=O)O)c(N2CCN(Cc3ccccc3)CC2)c1C(=O)O. The molecule has 0 unspecified atom stereocenters. The second-order valence-electron chi connectivity index (χ2n) is 6.63. The Morgan fingerprint density at radius 3 is 2.15 bits per heavy atom. The molecule has 0 saturated carbocycles. The normalized spacial score (nSPS) is 15.0. The summed E-state index contributed by atoms with van der Waals surface area (Å²) in [5.74, 6) is -2.36. The number of piperazine rings is 1. The van der Waals surface area contributed by atoms with E-state index < -0.39 is 11.9 Å². The summed E-state index contributed by atoms with van der Waals surface area (Å²) in [7, 11) is 0. The third-order valence-corrected chi connectivity index (χ3v) is 5.11. The highest BCUT2D eigenvalue weighted by Crippen LogP contribution is 2.35. The first kappa shape index (κ1) is 19.2. The molecule has 142 valence electrons. The standard InChI is InChI=1S/C20H21ClN2O4/c1-13-11-15(21)17(20(26)27)18(16(13)19(24)25)23-9-7-22(8-10-23)12-14-5-3-2-4-6-14/h2-6,11H,7-10,12H2,1H3,(H,24,25)(H,26,27). The summed E-state index contributed by atoms with van der Waals surface area (Å²) in [5.41, 5.74) is 1.74. The lowest BCUT2D eigenvalue weighted by atomic mass is 9.99. The molecule has 2 aromatic carbocycles. The maximum Gasteiger partial charge on any atom is 0.339 e. The van der Waals surface area contributed by atoms with Gasteiger partial charge >= 0.3 is 11.9 Å². The van der Waals surface area contributed by atoms with Crippen LogP contribution in [-0.4, -0.2) is 53.2 Å². The van der Waals surface area contributed by atoms with Gasteiger partial charge in [-0.2, -0.15) is 0 Å². The first-order chi connectivity index (χ1) is 12.9. The zero-order chi connectivity index (χ0) is 19.6. The Kier molecular flexibility index (Phi) is 5.68. The Morgan fingerprint density at radius 1 is 1.00 bits per heavy atom. The summed E-state index contributed by atoms with van der Waals surface area (Å²) in [6, 6.07) is 11.5. The number of carbonyl (C=O) groups is 2. The lowest BCUT2D eigenvalue weighted by Gasteiger charge is -2.37. The minimum Gasteiger partial charge on any atom is -0.478 e. The number of carboxylic acids is 2. The van der Waals surface area contributed by atoms with Gasteiger partial charge in [0.05, 0.1) is 16.3 Å². The van der Waals surface area contributed by atoms with Gasteiger partial charge in [0.15, 0.2) is 0 Å². The van der Waals surface area contributed by atoms with Crippen LogP contribution in [0.3, 0.4) is 0 Å². The molecular formula is C20H21ClN2O4. The molecule has 7 heteroatoms. The quantitative estimate of drug-likeness (QED) is 0.817. The zero-order valence-electron chi connectivity index (χ0n) is 15.0. The van der Waals surface area contributed by atoms with Gasteiger partial charge in [-0.1, -0.05) is 41.9 Å². The maximum absolute atomic E-state index is 11.8. The Labute approximate surface area is 162 Å². The van der Waals surface area contributed by atoms with Crippen LogP contribution in [0.5, 0.6) is 0 Å². The predicted molar refractivity (Wildman–Crippen MR) is 104 cm³/mol. The van der Waals surface area contributed by atoms with Crippen molar-refractivity contribution in [2.24, 2.45) is 0 Å². The van der Waals surface area contributed by atoms with Crippen molar-refractivity contribution in [3.05, 3.63) is 63.7 Å². The zero-order valence-corrected chi connectivity index (χ0v) is 15.7. The highest BCUT2D eigenvalue weighted by molar-refractivity contribution is 6.34. The van der Waals surface area contributed by atoms with Crippen molar-refractivity contribution in [1.82, 2.24) is 4.90 Å². The molecule has 27 heavy (non-hydrogen) atoms. The van der Waals surface area contributed by atoms with E-state index in [1.165, 1.54) is 11.6 Å². The molecule has 0 radical (unpaired) electrons. The molecule has 1 saturated heterocycles. The second kappa shape index (κ2) is 7.98. The van der Waals surface area contributed by atoms with Crippen LogP contribution in [0.2, 0.25) is 5.02 Å². The number of hydrogen-bond donors (Lipinski definition) is 2. The first-order valence-corrected chi connectivity index (χ1v) is 9.07. The number of aromatic carboxylic acids is 2. The molecule has 0 spiro atoms. The van der Waals surface area contributed by atoms with Crippen molar-refractivity contribution in [3.8, 4) is 0 Å². The summed E-state index contributed by atoms with van der Waals surface area (Å²) in [4.78, 5) is 27.7. The minimum absolute atomic E-state index is 0.00769. The number of benzene rings is 2. The lowest BCUT2D eigenvalue weighted by Crippen LogP contribution is -2.47. The molecule has 0 aliphatic carbocycles. The van der Waals surface area contributed by atoms with E-state index >= 15 is 0 Å². The molecule has 6 nitrogen and oxygen atoms in total. The molecule has 3 rings (SSSR count). The number of anilines is 1. The monoisotopic (exact) mass is 388 g/mol. The smallest absolute Gasteiger partial charge is 0.339 e.